The minimum atomic E-state index is -0.154. The number of hydrogen-bond acceptors (Lipinski definition) is 3. The Morgan fingerprint density at radius 1 is 1.11 bits per heavy atom. The average Bonchev–Trinajstić information content (AvgIpc) is 2.70. The summed E-state index contributed by atoms with van der Waals surface area (Å²) in [4.78, 5) is 17.3. The Balaban J connectivity index is 1.69. The van der Waals surface area contributed by atoms with Crippen molar-refractivity contribution in [3.8, 4) is 0 Å². The molecule has 1 aliphatic rings. The van der Waals surface area contributed by atoms with Gasteiger partial charge in [-0.05, 0) is 42.4 Å². The highest BCUT2D eigenvalue weighted by Crippen LogP contribution is 2.22. The van der Waals surface area contributed by atoms with Crippen LogP contribution in [0, 0.1) is 0 Å². The van der Waals surface area contributed by atoms with E-state index >= 15 is 0 Å². The summed E-state index contributed by atoms with van der Waals surface area (Å²) in [5.41, 5.74) is 1.82. The highest BCUT2D eigenvalue weighted by molar-refractivity contribution is 6.34. The number of likely N-dealkylation sites (N-methyl/N-ethyl adjacent to an activating group) is 1. The first-order valence-corrected chi connectivity index (χ1v) is 10.2. The van der Waals surface area contributed by atoms with Gasteiger partial charge in [0.2, 0.25) is 5.91 Å². The van der Waals surface area contributed by atoms with E-state index in [0.29, 0.717) is 10.0 Å². The Hall–Kier alpha value is -1.85. The molecule has 0 aromatic heterocycles. The molecule has 1 amide bonds. The van der Waals surface area contributed by atoms with E-state index in [9.17, 15) is 4.79 Å². The fourth-order valence-corrected chi connectivity index (χ4v) is 3.60. The molecule has 2 aromatic carbocycles. The molecule has 28 heavy (non-hydrogen) atoms. The summed E-state index contributed by atoms with van der Waals surface area (Å²) in [6.07, 6.45) is 3.21. The fraction of sp³-hybridized carbons (Fsp3) is 0.318. The Morgan fingerprint density at radius 3 is 2.54 bits per heavy atom. The maximum atomic E-state index is 12.6. The number of amides is 1. The Morgan fingerprint density at radius 2 is 1.82 bits per heavy atom. The van der Waals surface area contributed by atoms with Crippen LogP contribution >= 0.6 is 23.2 Å². The molecule has 6 heteroatoms. The minimum Gasteiger partial charge on any atom is -0.344 e. The molecule has 4 nitrogen and oxygen atoms in total. The van der Waals surface area contributed by atoms with E-state index < -0.39 is 0 Å². The number of hydrogen-bond donors (Lipinski definition) is 1. The van der Waals surface area contributed by atoms with E-state index in [1.54, 1.807) is 24.3 Å². The maximum absolute atomic E-state index is 12.6. The molecular formula is C22H25Cl2N3O. The number of piperazine rings is 1. The first-order chi connectivity index (χ1) is 13.5. The zero-order chi connectivity index (χ0) is 19.9. The quantitative estimate of drug-likeness (QED) is 0.718. The molecule has 0 bridgehead atoms. The number of rotatable bonds is 6. The predicted molar refractivity (Wildman–Crippen MR) is 117 cm³/mol. The van der Waals surface area contributed by atoms with Gasteiger partial charge < -0.3 is 10.2 Å². The molecule has 1 fully saturated rings. The summed E-state index contributed by atoms with van der Waals surface area (Å²) >= 11 is 12.2. The number of carbonyl (C=O) groups excluding carboxylic acids is 1. The van der Waals surface area contributed by atoms with E-state index in [1.807, 2.05) is 18.2 Å². The van der Waals surface area contributed by atoms with Crippen LogP contribution in [0.3, 0.4) is 0 Å². The molecule has 0 aliphatic carbocycles. The van der Waals surface area contributed by atoms with E-state index in [-0.39, 0.29) is 11.9 Å². The van der Waals surface area contributed by atoms with Crippen molar-refractivity contribution in [1.29, 1.82) is 0 Å². The van der Waals surface area contributed by atoms with Crippen molar-refractivity contribution in [1.82, 2.24) is 15.1 Å². The van der Waals surface area contributed by atoms with Crippen LogP contribution in [-0.4, -0.2) is 55.5 Å². The molecule has 0 radical (unpaired) electrons. The van der Waals surface area contributed by atoms with Gasteiger partial charge >= 0.3 is 0 Å². The summed E-state index contributed by atoms with van der Waals surface area (Å²) in [5, 5.41) is 4.28. The molecule has 0 saturated carbocycles. The van der Waals surface area contributed by atoms with Gasteiger partial charge in [0.15, 0.2) is 0 Å². The van der Waals surface area contributed by atoms with Crippen molar-refractivity contribution in [2.45, 2.75) is 6.04 Å². The number of halogens is 2. The van der Waals surface area contributed by atoms with Crippen molar-refractivity contribution in [2.24, 2.45) is 0 Å². The largest absolute Gasteiger partial charge is 0.344 e. The molecule has 1 saturated heterocycles. The highest BCUT2D eigenvalue weighted by Gasteiger charge is 2.20. The van der Waals surface area contributed by atoms with Crippen molar-refractivity contribution in [3.05, 3.63) is 75.8 Å². The van der Waals surface area contributed by atoms with Crippen molar-refractivity contribution in [2.75, 3.05) is 39.8 Å². The van der Waals surface area contributed by atoms with Crippen LogP contribution in [0.4, 0.5) is 0 Å². The molecular weight excluding hydrogens is 393 g/mol. The standard InChI is InChI=1S/C22H25Cl2N3O/c1-26-11-13-27(14-12-26)16-21(17-5-3-2-4-6-17)25-22(28)10-7-18-15-19(23)8-9-20(18)24/h2-10,15,21H,11-14,16H2,1H3,(H,25,28)/b10-7+. The maximum Gasteiger partial charge on any atom is 0.244 e. The normalized spacial score (nSPS) is 17.0. The summed E-state index contributed by atoms with van der Waals surface area (Å²) in [6.45, 7) is 4.88. The van der Waals surface area contributed by atoms with Crippen LogP contribution in [0.1, 0.15) is 17.2 Å². The van der Waals surface area contributed by atoms with Gasteiger partial charge in [-0.3, -0.25) is 9.69 Å². The van der Waals surface area contributed by atoms with Gasteiger partial charge in [0, 0.05) is 48.8 Å². The van der Waals surface area contributed by atoms with Crippen molar-refractivity contribution >= 4 is 35.2 Å². The third kappa shape index (κ3) is 6.08. The molecule has 2 aromatic rings. The number of carbonyl (C=O) groups is 1. The van der Waals surface area contributed by atoms with Crippen LogP contribution in [0.15, 0.2) is 54.6 Å². The number of nitrogens with zero attached hydrogens (tertiary/aromatic N) is 2. The summed E-state index contributed by atoms with van der Waals surface area (Å²) in [6, 6.07) is 15.2. The monoisotopic (exact) mass is 417 g/mol. The van der Waals surface area contributed by atoms with E-state index in [2.05, 4.69) is 34.3 Å². The van der Waals surface area contributed by atoms with Crippen LogP contribution in [0.5, 0.6) is 0 Å². The van der Waals surface area contributed by atoms with Crippen molar-refractivity contribution in [3.63, 3.8) is 0 Å². The van der Waals surface area contributed by atoms with Gasteiger partial charge in [-0.15, -0.1) is 0 Å². The number of benzene rings is 2. The third-order valence-corrected chi connectivity index (χ3v) is 5.51. The predicted octanol–water partition coefficient (Wildman–Crippen LogP) is 4.11. The highest BCUT2D eigenvalue weighted by atomic mass is 35.5. The molecule has 1 aliphatic heterocycles. The van der Waals surface area contributed by atoms with Crippen molar-refractivity contribution < 1.29 is 4.79 Å². The molecule has 1 unspecified atom stereocenters. The zero-order valence-electron chi connectivity index (χ0n) is 15.9. The third-order valence-electron chi connectivity index (χ3n) is 4.93. The van der Waals surface area contributed by atoms with Crippen LogP contribution < -0.4 is 5.32 Å². The van der Waals surface area contributed by atoms with Gasteiger partial charge in [-0.25, -0.2) is 0 Å². The molecule has 1 heterocycles. The van der Waals surface area contributed by atoms with Gasteiger partial charge in [-0.1, -0.05) is 53.5 Å². The van der Waals surface area contributed by atoms with E-state index in [1.165, 1.54) is 6.08 Å². The van der Waals surface area contributed by atoms with E-state index in [4.69, 9.17) is 23.2 Å². The second-order valence-corrected chi connectivity index (χ2v) is 7.92. The van der Waals surface area contributed by atoms with Gasteiger partial charge in [-0.2, -0.15) is 0 Å². The lowest BCUT2D eigenvalue weighted by atomic mass is 10.1. The first-order valence-electron chi connectivity index (χ1n) is 9.41. The molecule has 1 atom stereocenters. The Labute approximate surface area is 176 Å². The van der Waals surface area contributed by atoms with Gasteiger partial charge in [0.25, 0.3) is 0 Å². The average molecular weight is 418 g/mol. The summed E-state index contributed by atoms with van der Waals surface area (Å²) in [5.74, 6) is -0.154. The minimum absolute atomic E-state index is 0.0726. The lowest BCUT2D eigenvalue weighted by molar-refractivity contribution is -0.117. The first kappa shape index (κ1) is 20.9. The zero-order valence-corrected chi connectivity index (χ0v) is 17.5. The van der Waals surface area contributed by atoms with E-state index in [0.717, 1.165) is 43.9 Å². The van der Waals surface area contributed by atoms with Gasteiger partial charge in [0.05, 0.1) is 6.04 Å². The second kappa shape index (κ2) is 10.1. The SMILES string of the molecule is CN1CCN(CC(NC(=O)/C=C/c2cc(Cl)ccc2Cl)c2ccccc2)CC1. The molecule has 0 spiro atoms. The van der Waals surface area contributed by atoms with Gasteiger partial charge in [0.1, 0.15) is 0 Å². The lowest BCUT2D eigenvalue weighted by Gasteiger charge is -2.34. The second-order valence-electron chi connectivity index (χ2n) is 7.07. The Kier molecular flexibility index (Phi) is 7.51. The topological polar surface area (TPSA) is 35.6 Å². The van der Waals surface area contributed by atoms with Crippen LogP contribution in [0.25, 0.3) is 6.08 Å². The lowest BCUT2D eigenvalue weighted by Crippen LogP contribution is -2.47. The number of nitrogens with one attached hydrogen (secondary N) is 1. The van der Waals surface area contributed by atoms with Crippen LogP contribution in [0.2, 0.25) is 10.0 Å². The smallest absolute Gasteiger partial charge is 0.244 e. The molecule has 148 valence electrons. The van der Waals surface area contributed by atoms with Crippen LogP contribution in [-0.2, 0) is 4.79 Å². The summed E-state index contributed by atoms with van der Waals surface area (Å²) < 4.78 is 0. The fourth-order valence-electron chi connectivity index (χ4n) is 3.24. The molecule has 1 N–H and O–H groups in total. The Bertz CT molecular complexity index is 818. The molecule has 3 rings (SSSR count). The summed E-state index contributed by atoms with van der Waals surface area (Å²) in [7, 11) is 2.14.